The molecule has 2 aromatic heterocycles. The summed E-state index contributed by atoms with van der Waals surface area (Å²) in [5, 5.41) is 2.74. The first-order chi connectivity index (χ1) is 11.6. The van der Waals surface area contributed by atoms with Crippen molar-refractivity contribution in [2.24, 2.45) is 0 Å². The number of imidazole rings is 1. The Morgan fingerprint density at radius 3 is 2.67 bits per heavy atom. The number of carbonyl (C=O) groups is 1. The van der Waals surface area contributed by atoms with E-state index in [9.17, 15) is 14.0 Å². The van der Waals surface area contributed by atoms with Crippen molar-refractivity contribution >= 4 is 17.1 Å². The van der Waals surface area contributed by atoms with Crippen LogP contribution in [0.3, 0.4) is 0 Å². The number of nitrogens with one attached hydrogen (secondary N) is 1. The fourth-order valence-electron chi connectivity index (χ4n) is 2.59. The minimum atomic E-state index is -0.323. The van der Waals surface area contributed by atoms with E-state index in [-0.39, 0.29) is 30.5 Å². The molecule has 0 aliphatic heterocycles. The molecule has 124 valence electrons. The predicted octanol–water partition coefficient (Wildman–Crippen LogP) is 1.67. The van der Waals surface area contributed by atoms with Crippen LogP contribution in [0.4, 0.5) is 4.39 Å². The van der Waals surface area contributed by atoms with Crippen LogP contribution in [-0.4, -0.2) is 20.0 Å². The van der Waals surface area contributed by atoms with Gasteiger partial charge in [-0.2, -0.15) is 0 Å². The summed E-state index contributed by atoms with van der Waals surface area (Å²) < 4.78 is 15.8. The second-order valence-corrected chi connectivity index (χ2v) is 5.36. The van der Waals surface area contributed by atoms with Gasteiger partial charge in [0.05, 0.1) is 5.52 Å². The molecule has 0 aliphatic carbocycles. The van der Waals surface area contributed by atoms with E-state index in [1.54, 1.807) is 30.5 Å². The molecule has 1 aromatic carbocycles. The van der Waals surface area contributed by atoms with Crippen LogP contribution in [-0.2, 0) is 24.4 Å². The van der Waals surface area contributed by atoms with Gasteiger partial charge >= 0.3 is 5.69 Å². The molecule has 24 heavy (non-hydrogen) atoms. The first-order valence-electron chi connectivity index (χ1n) is 7.65. The highest BCUT2D eigenvalue weighted by molar-refractivity contribution is 5.79. The highest BCUT2D eigenvalue weighted by atomic mass is 19.1. The predicted molar refractivity (Wildman–Crippen MR) is 87.9 cm³/mol. The number of hydrogen-bond donors (Lipinski definition) is 1. The van der Waals surface area contributed by atoms with E-state index in [1.807, 2.05) is 6.92 Å². The van der Waals surface area contributed by atoms with Gasteiger partial charge in [-0.15, -0.1) is 0 Å². The number of hydrogen-bond acceptors (Lipinski definition) is 3. The number of amides is 1. The number of aromatic nitrogens is 3. The maximum Gasteiger partial charge on any atom is 0.330 e. The Hall–Kier alpha value is -2.96. The summed E-state index contributed by atoms with van der Waals surface area (Å²) >= 11 is 0. The minimum Gasteiger partial charge on any atom is -0.350 e. The standard InChI is InChI=1S/C17H17FN4O2/c1-2-21-16-14(4-3-9-19-16)22(17(21)24)11-15(23)20-10-12-5-7-13(18)8-6-12/h3-9H,2,10-11H2,1H3,(H,20,23). The summed E-state index contributed by atoms with van der Waals surface area (Å²) in [5.74, 6) is -0.614. The van der Waals surface area contributed by atoms with Gasteiger partial charge < -0.3 is 5.32 Å². The lowest BCUT2D eigenvalue weighted by atomic mass is 10.2. The minimum absolute atomic E-state index is 0.0881. The smallest absolute Gasteiger partial charge is 0.330 e. The van der Waals surface area contributed by atoms with E-state index in [4.69, 9.17) is 0 Å². The maximum absolute atomic E-state index is 12.9. The average Bonchev–Trinajstić information content (AvgIpc) is 2.86. The first kappa shape index (κ1) is 15.9. The molecule has 0 aliphatic rings. The summed E-state index contributed by atoms with van der Waals surface area (Å²) in [5.41, 5.74) is 1.72. The quantitative estimate of drug-likeness (QED) is 0.775. The van der Waals surface area contributed by atoms with Crippen LogP contribution in [0.5, 0.6) is 0 Å². The zero-order valence-electron chi connectivity index (χ0n) is 13.2. The van der Waals surface area contributed by atoms with Crippen LogP contribution in [0.1, 0.15) is 12.5 Å². The monoisotopic (exact) mass is 328 g/mol. The number of carbonyl (C=O) groups excluding carboxylic acids is 1. The number of halogens is 1. The molecule has 2 heterocycles. The van der Waals surface area contributed by atoms with E-state index in [0.29, 0.717) is 17.7 Å². The number of pyridine rings is 1. The largest absolute Gasteiger partial charge is 0.350 e. The fraction of sp³-hybridized carbons (Fsp3) is 0.235. The molecule has 1 amide bonds. The van der Waals surface area contributed by atoms with Crippen LogP contribution in [0.2, 0.25) is 0 Å². The molecule has 0 atom stereocenters. The molecule has 0 spiro atoms. The Balaban J connectivity index is 1.77. The summed E-state index contributed by atoms with van der Waals surface area (Å²) in [4.78, 5) is 28.8. The van der Waals surface area contributed by atoms with Gasteiger partial charge in [-0.25, -0.2) is 14.2 Å². The molecule has 1 N–H and O–H groups in total. The van der Waals surface area contributed by atoms with Crippen molar-refractivity contribution in [2.45, 2.75) is 26.6 Å². The van der Waals surface area contributed by atoms with Crippen molar-refractivity contribution in [3.05, 3.63) is 64.5 Å². The molecule has 6 nitrogen and oxygen atoms in total. The van der Waals surface area contributed by atoms with Gasteiger partial charge in [-0.1, -0.05) is 12.1 Å². The van der Waals surface area contributed by atoms with Gasteiger partial charge in [-0.05, 0) is 36.8 Å². The first-order valence-corrected chi connectivity index (χ1v) is 7.65. The Kier molecular flexibility index (Phi) is 4.41. The van der Waals surface area contributed by atoms with Crippen molar-refractivity contribution in [2.75, 3.05) is 0 Å². The Bertz CT molecular complexity index is 928. The lowest BCUT2D eigenvalue weighted by Crippen LogP contribution is -2.32. The van der Waals surface area contributed by atoms with E-state index in [2.05, 4.69) is 10.3 Å². The van der Waals surface area contributed by atoms with Crippen LogP contribution >= 0.6 is 0 Å². The average molecular weight is 328 g/mol. The second kappa shape index (κ2) is 6.66. The second-order valence-electron chi connectivity index (χ2n) is 5.36. The molecule has 0 unspecified atom stereocenters. The maximum atomic E-state index is 12.9. The van der Waals surface area contributed by atoms with Crippen molar-refractivity contribution in [1.29, 1.82) is 0 Å². The third-order valence-electron chi connectivity index (χ3n) is 3.80. The molecule has 0 saturated heterocycles. The van der Waals surface area contributed by atoms with Crippen molar-refractivity contribution in [3.63, 3.8) is 0 Å². The van der Waals surface area contributed by atoms with Gasteiger partial charge in [0.1, 0.15) is 12.4 Å². The number of fused-ring (bicyclic) bond motifs is 1. The van der Waals surface area contributed by atoms with E-state index >= 15 is 0 Å². The number of rotatable bonds is 5. The van der Waals surface area contributed by atoms with Gasteiger partial charge in [-0.3, -0.25) is 13.9 Å². The SMILES string of the molecule is CCn1c(=O)n(CC(=O)NCc2ccc(F)cc2)c2cccnc21. The highest BCUT2D eigenvalue weighted by Crippen LogP contribution is 2.09. The van der Waals surface area contributed by atoms with Crippen LogP contribution < -0.4 is 11.0 Å². The van der Waals surface area contributed by atoms with E-state index < -0.39 is 0 Å². The van der Waals surface area contributed by atoms with Crippen LogP contribution in [0.15, 0.2) is 47.4 Å². The molecule has 3 aromatic rings. The topological polar surface area (TPSA) is 68.9 Å². The van der Waals surface area contributed by atoms with E-state index in [1.165, 1.54) is 21.3 Å². The number of nitrogens with zero attached hydrogens (tertiary/aromatic N) is 3. The summed E-state index contributed by atoms with van der Waals surface area (Å²) in [6.07, 6.45) is 1.62. The Morgan fingerprint density at radius 2 is 1.96 bits per heavy atom. The Morgan fingerprint density at radius 1 is 1.21 bits per heavy atom. The lowest BCUT2D eigenvalue weighted by Gasteiger charge is -2.06. The lowest BCUT2D eigenvalue weighted by molar-refractivity contribution is -0.121. The van der Waals surface area contributed by atoms with Crippen molar-refractivity contribution < 1.29 is 9.18 Å². The Labute approximate surface area is 137 Å². The van der Waals surface area contributed by atoms with Gasteiger partial charge in [0.2, 0.25) is 5.91 Å². The molecule has 3 rings (SSSR count). The normalized spacial score (nSPS) is 10.9. The van der Waals surface area contributed by atoms with Crippen LogP contribution in [0.25, 0.3) is 11.2 Å². The van der Waals surface area contributed by atoms with Gasteiger partial charge in [0.25, 0.3) is 0 Å². The third kappa shape index (κ3) is 3.05. The third-order valence-corrected chi connectivity index (χ3v) is 3.80. The van der Waals surface area contributed by atoms with Gasteiger partial charge in [0, 0.05) is 19.3 Å². The van der Waals surface area contributed by atoms with Crippen LogP contribution in [0, 0.1) is 5.82 Å². The zero-order valence-corrected chi connectivity index (χ0v) is 13.2. The summed E-state index contributed by atoms with van der Waals surface area (Å²) in [7, 11) is 0. The van der Waals surface area contributed by atoms with E-state index in [0.717, 1.165) is 5.56 Å². The molecule has 0 radical (unpaired) electrons. The van der Waals surface area contributed by atoms with Crippen molar-refractivity contribution in [1.82, 2.24) is 19.4 Å². The molecule has 0 fully saturated rings. The summed E-state index contributed by atoms with van der Waals surface area (Å²) in [6.45, 7) is 2.53. The number of aryl methyl sites for hydroxylation is 1. The number of benzene rings is 1. The molecule has 0 bridgehead atoms. The summed E-state index contributed by atoms with van der Waals surface area (Å²) in [6, 6.07) is 9.39. The highest BCUT2D eigenvalue weighted by Gasteiger charge is 2.15. The van der Waals surface area contributed by atoms with Gasteiger partial charge in [0.15, 0.2) is 5.65 Å². The zero-order chi connectivity index (χ0) is 17.1. The molecular weight excluding hydrogens is 311 g/mol. The fourth-order valence-corrected chi connectivity index (χ4v) is 2.59. The molecule has 7 heteroatoms. The van der Waals surface area contributed by atoms with Crippen molar-refractivity contribution in [3.8, 4) is 0 Å². The molecule has 0 saturated carbocycles. The molecular formula is C17H17FN4O2.